The third kappa shape index (κ3) is 5.69. The van der Waals surface area contributed by atoms with Crippen molar-refractivity contribution in [3.8, 4) is 11.5 Å². The number of carbonyl (C=O) groups is 1. The Hall–Kier alpha value is -3.30. The van der Waals surface area contributed by atoms with Gasteiger partial charge in [-0.15, -0.1) is 0 Å². The fourth-order valence-electron chi connectivity index (χ4n) is 6.33. The molecule has 3 aromatic carbocycles. The summed E-state index contributed by atoms with van der Waals surface area (Å²) in [7, 11) is 1.40. The highest BCUT2D eigenvalue weighted by atomic mass is 35.5. The first-order valence-electron chi connectivity index (χ1n) is 14.8. The number of hydrogen-bond donors (Lipinski definition) is 0. The number of piperidine rings is 1. The maximum absolute atomic E-state index is 12.2. The molecule has 224 valence electrons. The van der Waals surface area contributed by atoms with Gasteiger partial charge < -0.3 is 23.5 Å². The molecule has 0 saturated carbocycles. The number of halogens is 2. The van der Waals surface area contributed by atoms with Crippen molar-refractivity contribution in [1.82, 2.24) is 14.5 Å². The van der Waals surface area contributed by atoms with Crippen LogP contribution in [0.4, 0.5) is 0 Å². The van der Waals surface area contributed by atoms with Crippen LogP contribution in [-0.2, 0) is 22.6 Å². The van der Waals surface area contributed by atoms with Gasteiger partial charge in [0.25, 0.3) is 0 Å². The molecular weight excluding hydrogens is 589 g/mol. The molecule has 0 amide bonds. The van der Waals surface area contributed by atoms with Crippen LogP contribution in [0.5, 0.6) is 11.5 Å². The van der Waals surface area contributed by atoms with Gasteiger partial charge in [-0.3, -0.25) is 4.90 Å². The molecule has 7 rings (SSSR count). The monoisotopic (exact) mass is 621 g/mol. The number of ether oxygens (including phenoxy) is 4. The second-order valence-electron chi connectivity index (χ2n) is 11.4. The van der Waals surface area contributed by atoms with Crippen molar-refractivity contribution in [1.29, 1.82) is 0 Å². The Morgan fingerprint density at radius 1 is 1.05 bits per heavy atom. The highest BCUT2D eigenvalue weighted by Gasteiger charge is 2.31. The van der Waals surface area contributed by atoms with Crippen molar-refractivity contribution < 1.29 is 23.7 Å². The van der Waals surface area contributed by atoms with Gasteiger partial charge in [-0.05, 0) is 74.7 Å². The molecule has 10 heteroatoms. The first-order valence-corrected chi connectivity index (χ1v) is 15.5. The summed E-state index contributed by atoms with van der Waals surface area (Å²) in [5.41, 5.74) is 4.38. The summed E-state index contributed by atoms with van der Waals surface area (Å²) in [6, 6.07) is 17.2. The number of hydrogen-bond acceptors (Lipinski definition) is 7. The van der Waals surface area contributed by atoms with Gasteiger partial charge in [0, 0.05) is 27.8 Å². The number of rotatable bonds is 7. The number of methoxy groups -OCH3 is 1. The molecule has 0 bridgehead atoms. The second-order valence-corrected chi connectivity index (χ2v) is 12.3. The highest BCUT2D eigenvalue weighted by molar-refractivity contribution is 6.35. The summed E-state index contributed by atoms with van der Waals surface area (Å²) in [4.78, 5) is 19.7. The number of nitrogens with zero attached hydrogens (tertiary/aromatic N) is 3. The van der Waals surface area contributed by atoms with Crippen molar-refractivity contribution in [2.45, 2.75) is 50.5 Å². The number of fused-ring (bicyclic) bond motifs is 2. The number of aromatic nitrogens is 2. The third-order valence-electron chi connectivity index (χ3n) is 8.79. The molecule has 8 nitrogen and oxygen atoms in total. The van der Waals surface area contributed by atoms with E-state index in [0.29, 0.717) is 28.1 Å². The Morgan fingerprint density at radius 3 is 2.63 bits per heavy atom. The van der Waals surface area contributed by atoms with Gasteiger partial charge in [0.05, 0.1) is 42.9 Å². The number of para-hydroxylation sites is 1. The van der Waals surface area contributed by atoms with Crippen LogP contribution in [0.15, 0.2) is 54.6 Å². The topological polar surface area (TPSA) is 75.0 Å². The van der Waals surface area contributed by atoms with Crippen molar-refractivity contribution >= 4 is 40.2 Å². The van der Waals surface area contributed by atoms with E-state index in [2.05, 4.69) is 15.5 Å². The Labute approximate surface area is 260 Å². The molecule has 1 aromatic heterocycles. The van der Waals surface area contributed by atoms with E-state index >= 15 is 0 Å². The predicted molar refractivity (Wildman–Crippen MR) is 164 cm³/mol. The maximum atomic E-state index is 12.2. The van der Waals surface area contributed by atoms with Gasteiger partial charge in [-0.1, -0.05) is 41.4 Å². The SMILES string of the molecule is COC(=O)c1ccc2nc(CN3CCC(c4cccc5c4O[C@@H](c4ccc(Cl)cc4Cl)CO5)CC3)n(C[C@@H]3CCO3)c2c1. The van der Waals surface area contributed by atoms with Gasteiger partial charge in [-0.25, -0.2) is 9.78 Å². The lowest BCUT2D eigenvalue weighted by Gasteiger charge is -2.35. The number of imidazole rings is 1. The fraction of sp³-hybridized carbons (Fsp3) is 0.394. The van der Waals surface area contributed by atoms with E-state index in [4.69, 9.17) is 47.1 Å². The molecule has 3 aliphatic rings. The van der Waals surface area contributed by atoms with E-state index in [1.807, 2.05) is 36.4 Å². The van der Waals surface area contributed by atoms with Crippen LogP contribution in [0.3, 0.4) is 0 Å². The number of benzene rings is 3. The highest BCUT2D eigenvalue weighted by Crippen LogP contribution is 2.45. The molecule has 43 heavy (non-hydrogen) atoms. The Kier molecular flexibility index (Phi) is 7.95. The minimum absolute atomic E-state index is 0.168. The summed E-state index contributed by atoms with van der Waals surface area (Å²) in [5, 5.41) is 1.17. The molecule has 2 fully saturated rings. The van der Waals surface area contributed by atoms with Crippen molar-refractivity contribution in [3.63, 3.8) is 0 Å². The third-order valence-corrected chi connectivity index (χ3v) is 9.35. The molecule has 3 aliphatic heterocycles. The second kappa shape index (κ2) is 12.0. The average molecular weight is 623 g/mol. The molecule has 4 aromatic rings. The Morgan fingerprint density at radius 2 is 1.88 bits per heavy atom. The zero-order valence-electron chi connectivity index (χ0n) is 23.9. The van der Waals surface area contributed by atoms with Crippen LogP contribution in [-0.4, -0.2) is 59.9 Å². The minimum atomic E-state index is -0.349. The van der Waals surface area contributed by atoms with Crippen LogP contribution < -0.4 is 9.47 Å². The van der Waals surface area contributed by atoms with E-state index < -0.39 is 0 Å². The van der Waals surface area contributed by atoms with Crippen LogP contribution in [0.1, 0.15) is 58.6 Å². The van der Waals surface area contributed by atoms with Crippen molar-refractivity contribution in [3.05, 3.63) is 87.2 Å². The van der Waals surface area contributed by atoms with Gasteiger partial charge in [0.15, 0.2) is 17.6 Å². The summed E-state index contributed by atoms with van der Waals surface area (Å²) in [6.45, 7) is 4.49. The first-order chi connectivity index (χ1) is 21.0. The number of carbonyl (C=O) groups excluding carboxylic acids is 1. The quantitative estimate of drug-likeness (QED) is 0.210. The largest absolute Gasteiger partial charge is 0.485 e. The zero-order valence-corrected chi connectivity index (χ0v) is 25.4. The van der Waals surface area contributed by atoms with Crippen LogP contribution in [0.25, 0.3) is 11.0 Å². The summed E-state index contributed by atoms with van der Waals surface area (Å²) < 4.78 is 25.6. The van der Waals surface area contributed by atoms with Gasteiger partial charge in [-0.2, -0.15) is 0 Å². The summed E-state index contributed by atoms with van der Waals surface area (Å²) in [5.74, 6) is 2.58. The lowest BCUT2D eigenvalue weighted by atomic mass is 9.88. The zero-order chi connectivity index (χ0) is 29.5. The van der Waals surface area contributed by atoms with Gasteiger partial charge in [0.1, 0.15) is 12.4 Å². The van der Waals surface area contributed by atoms with Crippen LogP contribution in [0.2, 0.25) is 10.0 Å². The van der Waals surface area contributed by atoms with Gasteiger partial charge in [0.2, 0.25) is 0 Å². The predicted octanol–water partition coefficient (Wildman–Crippen LogP) is 6.81. The summed E-state index contributed by atoms with van der Waals surface area (Å²) in [6.07, 6.45) is 2.88. The minimum Gasteiger partial charge on any atom is -0.485 e. The molecule has 0 N–H and O–H groups in total. The lowest BCUT2D eigenvalue weighted by Crippen LogP contribution is -2.35. The van der Waals surface area contributed by atoms with Crippen LogP contribution >= 0.6 is 23.2 Å². The summed E-state index contributed by atoms with van der Waals surface area (Å²) >= 11 is 12.6. The molecule has 4 heterocycles. The van der Waals surface area contributed by atoms with E-state index in [1.54, 1.807) is 12.1 Å². The Balaban J connectivity index is 1.07. The molecule has 0 aliphatic carbocycles. The van der Waals surface area contributed by atoms with E-state index in [9.17, 15) is 4.79 Å². The van der Waals surface area contributed by atoms with E-state index in [1.165, 1.54) is 12.7 Å². The first kappa shape index (κ1) is 28.5. The van der Waals surface area contributed by atoms with Gasteiger partial charge >= 0.3 is 5.97 Å². The van der Waals surface area contributed by atoms with E-state index in [-0.39, 0.29) is 18.2 Å². The van der Waals surface area contributed by atoms with E-state index in [0.717, 1.165) is 86.0 Å². The molecule has 2 atom stereocenters. The molecule has 0 radical (unpaired) electrons. The molecular formula is C33H33Cl2N3O5. The lowest BCUT2D eigenvalue weighted by molar-refractivity contribution is -0.0592. The molecule has 0 unspecified atom stereocenters. The average Bonchev–Trinajstić information content (AvgIpc) is 3.34. The smallest absolute Gasteiger partial charge is 0.337 e. The molecule has 0 spiro atoms. The van der Waals surface area contributed by atoms with Crippen LogP contribution in [0, 0.1) is 0 Å². The normalized spacial score (nSPS) is 20.6. The molecule has 2 saturated heterocycles. The number of esters is 1. The van der Waals surface area contributed by atoms with Crippen molar-refractivity contribution in [2.24, 2.45) is 0 Å². The maximum Gasteiger partial charge on any atom is 0.337 e. The fourth-order valence-corrected chi connectivity index (χ4v) is 6.86. The Bertz CT molecular complexity index is 1660. The van der Waals surface area contributed by atoms with Crippen molar-refractivity contribution in [2.75, 3.05) is 33.4 Å². The number of likely N-dealkylation sites (tertiary alicyclic amines) is 1. The standard InChI is InChI=1S/C33H33Cl2N3O5/c1-40-33(39)21-5-8-27-28(15-21)38(17-23-11-14-41-23)31(36-27)18-37-12-9-20(10-13-37)24-3-2-4-29-32(24)43-30(19-42-29)25-7-6-22(34)16-26(25)35/h2-8,15-16,20,23,30H,9-14,17-19H2,1H3/t23-,30+/m0/s1.